The van der Waals surface area contributed by atoms with Crippen molar-refractivity contribution < 1.29 is 32.3 Å². The van der Waals surface area contributed by atoms with E-state index in [1.54, 1.807) is 0 Å². The molecule has 37 heavy (non-hydrogen) atoms. The molecule has 0 unspecified atom stereocenters. The van der Waals surface area contributed by atoms with Gasteiger partial charge in [-0.3, -0.25) is 19.2 Å². The number of nitrogens with one attached hydrogen (secondary N) is 3. The molecule has 3 saturated carbocycles. The second-order valence-electron chi connectivity index (χ2n) is 11.6. The first kappa shape index (κ1) is 25.8. The number of nitrogens with zero attached hydrogens (tertiary/aromatic N) is 2. The summed E-state index contributed by atoms with van der Waals surface area (Å²) in [4.78, 5) is 52.3. The molecule has 5 aliphatic rings. The molecular weight excluding hydrogens is 491 g/mol. The molecule has 5 rings (SSSR count). The van der Waals surface area contributed by atoms with Crippen molar-refractivity contribution in [1.29, 1.82) is 5.26 Å². The summed E-state index contributed by atoms with van der Waals surface area (Å²) < 4.78 is 39.4. The van der Waals surface area contributed by atoms with Gasteiger partial charge in [0.2, 0.25) is 17.7 Å². The highest BCUT2D eigenvalue weighted by atomic mass is 19.4. The van der Waals surface area contributed by atoms with Crippen molar-refractivity contribution in [1.82, 2.24) is 20.9 Å². The van der Waals surface area contributed by atoms with Crippen molar-refractivity contribution in [2.24, 2.45) is 23.2 Å². The molecule has 5 fully saturated rings. The summed E-state index contributed by atoms with van der Waals surface area (Å²) in [6.07, 6.45) is 1.66. The number of nitriles is 1. The van der Waals surface area contributed by atoms with Gasteiger partial charge in [-0.05, 0) is 75.0 Å². The molecule has 0 aromatic rings. The van der Waals surface area contributed by atoms with Gasteiger partial charge >= 0.3 is 12.1 Å². The maximum Gasteiger partial charge on any atom is 0.471 e. The summed E-state index contributed by atoms with van der Waals surface area (Å²) in [6.45, 7) is 0.512. The van der Waals surface area contributed by atoms with Gasteiger partial charge in [0.15, 0.2) is 0 Å². The summed E-state index contributed by atoms with van der Waals surface area (Å²) in [5.74, 6) is -4.45. The Morgan fingerprint density at radius 3 is 2.46 bits per heavy atom. The smallest absolute Gasteiger partial charge is 0.356 e. The normalized spacial score (nSPS) is 31.6. The Balaban J connectivity index is 1.32. The van der Waals surface area contributed by atoms with E-state index in [4.69, 9.17) is 0 Å². The lowest BCUT2D eigenvalue weighted by atomic mass is 9.50. The summed E-state index contributed by atoms with van der Waals surface area (Å²) in [5, 5.41) is 16.9. The number of hydrogen-bond donors (Lipinski definition) is 3. The van der Waals surface area contributed by atoms with E-state index in [9.17, 15) is 37.6 Å². The fourth-order valence-corrected chi connectivity index (χ4v) is 7.34. The van der Waals surface area contributed by atoms with Gasteiger partial charge in [0.25, 0.3) is 0 Å². The largest absolute Gasteiger partial charge is 0.471 e. The molecule has 2 saturated heterocycles. The van der Waals surface area contributed by atoms with Crippen LogP contribution >= 0.6 is 0 Å². The highest BCUT2D eigenvalue weighted by Gasteiger charge is 2.58. The fraction of sp³-hybridized carbons (Fsp3) is 0.800. The average Bonchev–Trinajstić information content (AvgIpc) is 3.51. The average molecular weight is 524 g/mol. The maximum atomic E-state index is 13.8. The molecule has 0 aromatic carbocycles. The topological polar surface area (TPSA) is 131 Å². The van der Waals surface area contributed by atoms with E-state index in [-0.39, 0.29) is 35.6 Å². The lowest BCUT2D eigenvalue weighted by Crippen LogP contribution is -2.63. The van der Waals surface area contributed by atoms with Crippen LogP contribution in [0.3, 0.4) is 0 Å². The molecule has 2 bridgehead atoms. The molecule has 2 aliphatic heterocycles. The molecule has 9 nitrogen and oxygen atoms in total. The monoisotopic (exact) mass is 523 g/mol. The highest BCUT2D eigenvalue weighted by molar-refractivity contribution is 5.94. The van der Waals surface area contributed by atoms with Gasteiger partial charge in [0, 0.05) is 18.5 Å². The first-order valence-electron chi connectivity index (χ1n) is 13.2. The molecule has 2 heterocycles. The number of alkyl halides is 3. The second kappa shape index (κ2) is 9.48. The summed E-state index contributed by atoms with van der Waals surface area (Å²) in [5.41, 5.74) is 0.0689. The van der Waals surface area contributed by atoms with Crippen molar-refractivity contribution in [2.75, 3.05) is 6.54 Å². The zero-order chi connectivity index (χ0) is 26.5. The lowest BCUT2D eigenvalue weighted by Gasteiger charge is -2.56. The van der Waals surface area contributed by atoms with Crippen molar-refractivity contribution >= 4 is 23.6 Å². The van der Waals surface area contributed by atoms with Crippen LogP contribution in [0.1, 0.15) is 64.2 Å². The number of likely N-dealkylation sites (tertiary alicyclic amines) is 1. The van der Waals surface area contributed by atoms with E-state index in [1.165, 1.54) is 4.90 Å². The molecule has 0 aromatic heterocycles. The predicted octanol–water partition coefficient (Wildman–Crippen LogP) is 1.53. The third-order valence-electron chi connectivity index (χ3n) is 9.35. The number of fused-ring (bicyclic) bond motifs is 2. The third kappa shape index (κ3) is 4.77. The standard InChI is InChI=1S/C25H32F3N5O4/c26-25(27,28)23(37)32-18(15-10-24(11-15)5-1-6-24)22(36)33-17-3-2-13(9-17)19(33)21(35)31-16(12-29)8-14-4-7-30-20(14)34/h13-19H,1-11H2,(H,30,34)(H,31,35)(H,32,37)/t13-,14-,16-,17+,18-,19-/m0/s1. The van der Waals surface area contributed by atoms with Gasteiger partial charge in [0.05, 0.1) is 6.07 Å². The van der Waals surface area contributed by atoms with Gasteiger partial charge < -0.3 is 20.9 Å². The molecule has 1 spiro atoms. The quantitative estimate of drug-likeness (QED) is 0.466. The van der Waals surface area contributed by atoms with E-state index in [2.05, 4.69) is 10.6 Å². The van der Waals surface area contributed by atoms with Crippen molar-refractivity contribution in [3.63, 3.8) is 0 Å². The minimum atomic E-state index is -5.12. The zero-order valence-electron chi connectivity index (χ0n) is 20.5. The van der Waals surface area contributed by atoms with Crippen LogP contribution in [0.5, 0.6) is 0 Å². The Labute approximate surface area is 212 Å². The van der Waals surface area contributed by atoms with Gasteiger partial charge in [-0.25, -0.2) is 0 Å². The second-order valence-corrected chi connectivity index (χ2v) is 11.6. The van der Waals surface area contributed by atoms with Crippen LogP contribution < -0.4 is 16.0 Å². The van der Waals surface area contributed by atoms with Crippen LogP contribution in [-0.2, 0) is 19.2 Å². The fourth-order valence-electron chi connectivity index (χ4n) is 7.34. The van der Waals surface area contributed by atoms with Gasteiger partial charge in [-0.1, -0.05) is 6.42 Å². The van der Waals surface area contributed by atoms with Gasteiger partial charge in [0.1, 0.15) is 18.1 Å². The number of piperidine rings is 1. The number of carbonyl (C=O) groups is 4. The Morgan fingerprint density at radius 1 is 1.16 bits per heavy atom. The zero-order valence-corrected chi connectivity index (χ0v) is 20.5. The SMILES string of the molecule is N#C[C@H](C[C@@H]1CCNC1=O)NC(=O)[C@@H]1[C@H]2CC[C@H](C2)N1C(=O)[C@@H](NC(=O)C(F)(F)F)C1CC2(CCC2)C1. The Hall–Kier alpha value is -2.84. The number of carbonyl (C=O) groups excluding carboxylic acids is 4. The van der Waals surface area contributed by atoms with E-state index in [1.807, 2.05) is 11.4 Å². The van der Waals surface area contributed by atoms with E-state index in [0.717, 1.165) is 19.3 Å². The van der Waals surface area contributed by atoms with Gasteiger partial charge in [-0.15, -0.1) is 0 Å². The number of rotatable bonds is 7. The Kier molecular flexibility index (Phi) is 6.61. The first-order valence-corrected chi connectivity index (χ1v) is 13.2. The molecular formula is C25H32F3N5O4. The number of halogens is 3. The molecule has 3 N–H and O–H groups in total. The van der Waals surface area contributed by atoms with Gasteiger partial charge in [-0.2, -0.15) is 18.4 Å². The molecule has 6 atom stereocenters. The number of hydrogen-bond acceptors (Lipinski definition) is 5. The minimum Gasteiger partial charge on any atom is -0.356 e. The van der Waals surface area contributed by atoms with Crippen LogP contribution in [0.4, 0.5) is 13.2 Å². The summed E-state index contributed by atoms with van der Waals surface area (Å²) in [6, 6.07) is -1.46. The van der Waals surface area contributed by atoms with Crippen LogP contribution in [-0.4, -0.2) is 65.4 Å². The van der Waals surface area contributed by atoms with Crippen molar-refractivity contribution in [3.8, 4) is 6.07 Å². The van der Waals surface area contributed by atoms with Crippen LogP contribution in [0, 0.1) is 34.5 Å². The molecule has 4 amide bonds. The van der Waals surface area contributed by atoms with Crippen LogP contribution in [0.2, 0.25) is 0 Å². The van der Waals surface area contributed by atoms with Crippen molar-refractivity contribution in [2.45, 2.75) is 94.6 Å². The maximum absolute atomic E-state index is 13.8. The summed E-state index contributed by atoms with van der Waals surface area (Å²) >= 11 is 0. The lowest BCUT2D eigenvalue weighted by molar-refractivity contribution is -0.177. The minimum absolute atomic E-state index is 0.0689. The Morgan fingerprint density at radius 2 is 1.89 bits per heavy atom. The van der Waals surface area contributed by atoms with E-state index in [0.29, 0.717) is 45.1 Å². The molecule has 3 aliphatic carbocycles. The predicted molar refractivity (Wildman–Crippen MR) is 122 cm³/mol. The van der Waals surface area contributed by atoms with Crippen molar-refractivity contribution in [3.05, 3.63) is 0 Å². The van der Waals surface area contributed by atoms with E-state index < -0.39 is 47.9 Å². The number of amides is 4. The summed E-state index contributed by atoms with van der Waals surface area (Å²) in [7, 11) is 0. The molecule has 0 radical (unpaired) electrons. The molecule has 12 heteroatoms. The first-order chi connectivity index (χ1) is 17.5. The van der Waals surface area contributed by atoms with Crippen LogP contribution in [0.15, 0.2) is 0 Å². The van der Waals surface area contributed by atoms with Crippen LogP contribution in [0.25, 0.3) is 0 Å². The third-order valence-corrected chi connectivity index (χ3v) is 9.35. The Bertz CT molecular complexity index is 1010. The highest BCUT2D eigenvalue weighted by Crippen LogP contribution is 2.60. The van der Waals surface area contributed by atoms with E-state index >= 15 is 0 Å². The molecule has 202 valence electrons.